The number of carbonyl (C=O) groups is 1. The molecule has 0 aliphatic heterocycles. The molecule has 0 aromatic heterocycles. The van der Waals surface area contributed by atoms with Crippen LogP contribution < -0.4 is 5.32 Å². The van der Waals surface area contributed by atoms with Crippen molar-refractivity contribution in [3.05, 3.63) is 0 Å². The van der Waals surface area contributed by atoms with Gasteiger partial charge in [0.2, 0.25) is 0 Å². The molecule has 0 bridgehead atoms. The number of nitrogens with one attached hydrogen (secondary N) is 1. The number of amides is 1. The summed E-state index contributed by atoms with van der Waals surface area (Å²) in [5.74, 6) is -0.130. The molecule has 4 heteroatoms. The van der Waals surface area contributed by atoms with Crippen LogP contribution in [0.4, 0.5) is 4.79 Å². The molecule has 1 aliphatic carbocycles. The molecule has 0 aromatic rings. The Bertz CT molecular complexity index is 210. The molecule has 1 fully saturated rings. The average Bonchev–Trinajstić information content (AvgIpc) is 2.04. The van der Waals surface area contributed by atoms with E-state index in [4.69, 9.17) is 10.4 Å². The number of hydrogen-bond donors (Lipinski definition) is 2. The van der Waals surface area contributed by atoms with Crippen LogP contribution in [-0.2, 0) is 0 Å². The summed E-state index contributed by atoms with van der Waals surface area (Å²) in [6, 6.07) is 1.98. The fourth-order valence-electron chi connectivity index (χ4n) is 1.62. The minimum Gasteiger partial charge on any atom is -0.465 e. The zero-order valence-electron chi connectivity index (χ0n) is 6.79. The van der Waals surface area contributed by atoms with Crippen LogP contribution in [0.2, 0.25) is 0 Å². The van der Waals surface area contributed by atoms with Gasteiger partial charge in [0.05, 0.1) is 12.0 Å². The van der Waals surface area contributed by atoms with Crippen molar-refractivity contribution in [2.24, 2.45) is 5.92 Å². The van der Waals surface area contributed by atoms with Gasteiger partial charge in [-0.05, 0) is 12.8 Å². The lowest BCUT2D eigenvalue weighted by Crippen LogP contribution is -2.40. The van der Waals surface area contributed by atoms with E-state index >= 15 is 0 Å². The Kier molecular flexibility index (Phi) is 2.92. The lowest BCUT2D eigenvalue weighted by Gasteiger charge is -2.26. The highest BCUT2D eigenvalue weighted by Crippen LogP contribution is 2.23. The van der Waals surface area contributed by atoms with Crippen LogP contribution in [0.5, 0.6) is 0 Å². The maximum Gasteiger partial charge on any atom is 0.404 e. The molecule has 2 N–H and O–H groups in total. The van der Waals surface area contributed by atoms with Crippen molar-refractivity contribution in [2.45, 2.75) is 31.7 Å². The molecule has 0 radical (unpaired) electrons. The smallest absolute Gasteiger partial charge is 0.404 e. The van der Waals surface area contributed by atoms with Crippen molar-refractivity contribution in [3.8, 4) is 6.07 Å². The summed E-state index contributed by atoms with van der Waals surface area (Å²) in [4.78, 5) is 10.3. The Labute approximate surface area is 71.2 Å². The molecule has 2 atom stereocenters. The zero-order chi connectivity index (χ0) is 8.97. The minimum atomic E-state index is -1.03. The molecule has 0 saturated heterocycles. The van der Waals surface area contributed by atoms with E-state index in [0.29, 0.717) is 0 Å². The third kappa shape index (κ3) is 2.12. The SMILES string of the molecule is N#C[C@H]1CCCC[C@H]1NC(=O)O. The number of carboxylic acid groups (broad SMARTS) is 1. The van der Waals surface area contributed by atoms with Crippen LogP contribution in [-0.4, -0.2) is 17.2 Å². The van der Waals surface area contributed by atoms with Crippen LogP contribution >= 0.6 is 0 Å². The molecular weight excluding hydrogens is 156 g/mol. The fraction of sp³-hybridized carbons (Fsp3) is 0.750. The summed E-state index contributed by atoms with van der Waals surface area (Å²) < 4.78 is 0. The van der Waals surface area contributed by atoms with Crippen LogP contribution in [0.3, 0.4) is 0 Å². The molecule has 1 amide bonds. The van der Waals surface area contributed by atoms with Gasteiger partial charge in [0, 0.05) is 6.04 Å². The summed E-state index contributed by atoms with van der Waals surface area (Å²) in [7, 11) is 0. The Morgan fingerprint density at radius 1 is 1.50 bits per heavy atom. The zero-order valence-corrected chi connectivity index (χ0v) is 6.79. The van der Waals surface area contributed by atoms with E-state index in [-0.39, 0.29) is 12.0 Å². The van der Waals surface area contributed by atoms with E-state index in [0.717, 1.165) is 25.7 Å². The highest BCUT2D eigenvalue weighted by molar-refractivity contribution is 5.65. The number of rotatable bonds is 1. The molecule has 0 unspecified atom stereocenters. The Morgan fingerprint density at radius 3 is 2.75 bits per heavy atom. The van der Waals surface area contributed by atoms with E-state index < -0.39 is 6.09 Å². The summed E-state index contributed by atoms with van der Waals surface area (Å²) in [6.45, 7) is 0. The van der Waals surface area contributed by atoms with Gasteiger partial charge >= 0.3 is 6.09 Å². The predicted octanol–water partition coefficient (Wildman–Crippen LogP) is 1.34. The van der Waals surface area contributed by atoms with Crippen molar-refractivity contribution in [2.75, 3.05) is 0 Å². The van der Waals surface area contributed by atoms with Crippen molar-refractivity contribution in [3.63, 3.8) is 0 Å². The summed E-state index contributed by atoms with van der Waals surface area (Å²) in [5.41, 5.74) is 0. The van der Waals surface area contributed by atoms with E-state index in [9.17, 15) is 4.79 Å². The maximum atomic E-state index is 10.3. The summed E-state index contributed by atoms with van der Waals surface area (Å²) in [5, 5.41) is 19.5. The van der Waals surface area contributed by atoms with Gasteiger partial charge < -0.3 is 10.4 Å². The second-order valence-corrected chi connectivity index (χ2v) is 3.08. The van der Waals surface area contributed by atoms with E-state index in [1.165, 1.54) is 0 Å². The van der Waals surface area contributed by atoms with Gasteiger partial charge in [-0.2, -0.15) is 5.26 Å². The molecule has 0 heterocycles. The minimum absolute atomic E-state index is 0.130. The second-order valence-electron chi connectivity index (χ2n) is 3.08. The number of nitriles is 1. The molecule has 1 rings (SSSR count). The number of nitrogens with zero attached hydrogens (tertiary/aromatic N) is 1. The van der Waals surface area contributed by atoms with Gasteiger partial charge in [0.15, 0.2) is 0 Å². The highest BCUT2D eigenvalue weighted by Gasteiger charge is 2.25. The van der Waals surface area contributed by atoms with Gasteiger partial charge in [-0.3, -0.25) is 0 Å². The molecule has 1 aliphatic rings. The maximum absolute atomic E-state index is 10.3. The molecule has 0 aromatic carbocycles. The van der Waals surface area contributed by atoms with E-state index in [2.05, 4.69) is 11.4 Å². The van der Waals surface area contributed by atoms with Crippen molar-refractivity contribution >= 4 is 6.09 Å². The van der Waals surface area contributed by atoms with E-state index in [1.54, 1.807) is 0 Å². The highest BCUT2D eigenvalue weighted by atomic mass is 16.4. The summed E-state index contributed by atoms with van der Waals surface area (Å²) >= 11 is 0. The normalized spacial score (nSPS) is 28.9. The number of hydrogen-bond acceptors (Lipinski definition) is 2. The first-order chi connectivity index (χ1) is 5.74. The second kappa shape index (κ2) is 3.96. The fourth-order valence-corrected chi connectivity index (χ4v) is 1.62. The first-order valence-corrected chi connectivity index (χ1v) is 4.13. The Hall–Kier alpha value is -1.24. The van der Waals surface area contributed by atoms with Crippen LogP contribution in [0.1, 0.15) is 25.7 Å². The lowest BCUT2D eigenvalue weighted by molar-refractivity contribution is 0.181. The van der Waals surface area contributed by atoms with E-state index in [1.807, 2.05) is 0 Å². The molecular formula is C8H12N2O2. The first-order valence-electron chi connectivity index (χ1n) is 4.13. The van der Waals surface area contributed by atoms with Crippen molar-refractivity contribution in [1.82, 2.24) is 5.32 Å². The summed E-state index contributed by atoms with van der Waals surface area (Å²) in [6.07, 6.45) is 2.65. The molecule has 66 valence electrons. The molecule has 0 spiro atoms. The van der Waals surface area contributed by atoms with Crippen LogP contribution in [0, 0.1) is 17.2 Å². The Morgan fingerprint density at radius 2 is 2.17 bits per heavy atom. The van der Waals surface area contributed by atoms with Gasteiger partial charge in [0.25, 0.3) is 0 Å². The average molecular weight is 168 g/mol. The monoisotopic (exact) mass is 168 g/mol. The topological polar surface area (TPSA) is 73.1 Å². The standard InChI is InChI=1S/C8H12N2O2/c9-5-6-3-1-2-4-7(6)10-8(11)12/h6-7,10H,1-4H2,(H,11,12)/t6-,7-/m1/s1. The van der Waals surface area contributed by atoms with Gasteiger partial charge in [0.1, 0.15) is 0 Å². The van der Waals surface area contributed by atoms with Crippen LogP contribution in [0.15, 0.2) is 0 Å². The predicted molar refractivity (Wildman–Crippen MR) is 42.5 cm³/mol. The van der Waals surface area contributed by atoms with Gasteiger partial charge in [-0.15, -0.1) is 0 Å². The third-order valence-corrected chi connectivity index (χ3v) is 2.24. The Balaban J connectivity index is 2.48. The van der Waals surface area contributed by atoms with Crippen molar-refractivity contribution in [1.29, 1.82) is 5.26 Å². The molecule has 4 nitrogen and oxygen atoms in total. The third-order valence-electron chi connectivity index (χ3n) is 2.24. The largest absolute Gasteiger partial charge is 0.465 e. The first kappa shape index (κ1) is 8.85. The quantitative estimate of drug-likeness (QED) is 0.620. The van der Waals surface area contributed by atoms with Gasteiger partial charge in [-0.25, -0.2) is 4.79 Å². The molecule has 12 heavy (non-hydrogen) atoms. The van der Waals surface area contributed by atoms with Crippen LogP contribution in [0.25, 0.3) is 0 Å². The van der Waals surface area contributed by atoms with Crippen molar-refractivity contribution < 1.29 is 9.90 Å². The lowest BCUT2D eigenvalue weighted by atomic mass is 9.86. The van der Waals surface area contributed by atoms with Gasteiger partial charge in [-0.1, -0.05) is 12.8 Å². The molecule has 1 saturated carbocycles.